The molecule has 0 unspecified atom stereocenters. The van der Waals surface area contributed by atoms with Crippen molar-refractivity contribution in [1.82, 2.24) is 0 Å². The number of hydrogen-bond acceptors (Lipinski definition) is 4. The van der Waals surface area contributed by atoms with Crippen molar-refractivity contribution < 1.29 is 9.47 Å². The Kier molecular flexibility index (Phi) is 6.08. The van der Waals surface area contributed by atoms with Crippen molar-refractivity contribution in [2.24, 2.45) is 0 Å². The Labute approximate surface area is 102 Å². The summed E-state index contributed by atoms with van der Waals surface area (Å²) < 4.78 is 10.2. The van der Waals surface area contributed by atoms with Crippen LogP contribution in [0.4, 0.5) is 5.69 Å². The average Bonchev–Trinajstić information content (AvgIpc) is 2.35. The van der Waals surface area contributed by atoms with Gasteiger partial charge in [0, 0.05) is 13.7 Å². The van der Waals surface area contributed by atoms with Gasteiger partial charge in [0.1, 0.15) is 6.07 Å². The molecule has 1 rings (SSSR count). The molecule has 0 aliphatic rings. The topological polar surface area (TPSA) is 54.3 Å². The number of para-hydroxylation sites is 1. The van der Waals surface area contributed by atoms with Crippen LogP contribution in [0.25, 0.3) is 0 Å². The van der Waals surface area contributed by atoms with Crippen LogP contribution in [0.15, 0.2) is 18.2 Å². The van der Waals surface area contributed by atoms with E-state index in [4.69, 9.17) is 14.7 Å². The fraction of sp³-hybridized carbons (Fsp3) is 0.462. The maximum atomic E-state index is 8.98. The molecule has 0 fully saturated rings. The number of aryl methyl sites for hydroxylation is 1. The van der Waals surface area contributed by atoms with Gasteiger partial charge in [-0.15, -0.1) is 0 Å². The number of nitrogens with zero attached hydrogens (tertiary/aromatic N) is 1. The minimum atomic E-state index is 0.594. The first kappa shape index (κ1) is 13.5. The first-order chi connectivity index (χ1) is 8.29. The van der Waals surface area contributed by atoms with E-state index >= 15 is 0 Å². The van der Waals surface area contributed by atoms with Gasteiger partial charge < -0.3 is 14.8 Å². The van der Waals surface area contributed by atoms with E-state index in [0.717, 1.165) is 11.3 Å². The molecule has 1 aromatic rings. The summed E-state index contributed by atoms with van der Waals surface area (Å²) in [5.41, 5.74) is 2.63. The SMILES string of the molecule is COCCOCCNc1c(C)cccc1C#N. The smallest absolute Gasteiger partial charge is 0.101 e. The molecule has 0 bridgehead atoms. The second-order valence-corrected chi connectivity index (χ2v) is 3.64. The van der Waals surface area contributed by atoms with Crippen molar-refractivity contribution in [2.75, 3.05) is 38.8 Å². The third-order valence-corrected chi connectivity index (χ3v) is 2.37. The third kappa shape index (κ3) is 4.43. The van der Waals surface area contributed by atoms with Gasteiger partial charge in [0.25, 0.3) is 0 Å². The van der Waals surface area contributed by atoms with Crippen molar-refractivity contribution in [3.63, 3.8) is 0 Å². The molecule has 0 amide bonds. The second kappa shape index (κ2) is 7.66. The molecule has 0 radical (unpaired) electrons. The highest BCUT2D eigenvalue weighted by atomic mass is 16.5. The van der Waals surface area contributed by atoms with E-state index in [1.54, 1.807) is 13.2 Å². The van der Waals surface area contributed by atoms with Gasteiger partial charge in [-0.05, 0) is 18.6 Å². The van der Waals surface area contributed by atoms with Gasteiger partial charge >= 0.3 is 0 Å². The summed E-state index contributed by atoms with van der Waals surface area (Å²) in [6.45, 7) is 4.46. The Morgan fingerprint density at radius 2 is 2.12 bits per heavy atom. The highest BCUT2D eigenvalue weighted by Gasteiger charge is 2.03. The lowest BCUT2D eigenvalue weighted by atomic mass is 10.1. The van der Waals surface area contributed by atoms with Crippen LogP contribution in [0.2, 0.25) is 0 Å². The molecule has 0 atom stereocenters. The Balaban J connectivity index is 2.39. The molecular formula is C13H18N2O2. The third-order valence-electron chi connectivity index (χ3n) is 2.37. The second-order valence-electron chi connectivity index (χ2n) is 3.64. The molecule has 1 aromatic carbocycles. The average molecular weight is 234 g/mol. The van der Waals surface area contributed by atoms with E-state index in [1.807, 2.05) is 19.1 Å². The maximum absolute atomic E-state index is 8.98. The fourth-order valence-corrected chi connectivity index (χ4v) is 1.49. The number of hydrogen-bond donors (Lipinski definition) is 1. The Morgan fingerprint density at radius 3 is 2.82 bits per heavy atom. The molecule has 4 heteroatoms. The number of benzene rings is 1. The molecule has 0 heterocycles. The highest BCUT2D eigenvalue weighted by molar-refractivity contribution is 5.62. The van der Waals surface area contributed by atoms with Crippen LogP contribution in [0, 0.1) is 18.3 Å². The number of ether oxygens (including phenoxy) is 2. The van der Waals surface area contributed by atoms with E-state index in [0.29, 0.717) is 31.9 Å². The van der Waals surface area contributed by atoms with Crippen LogP contribution < -0.4 is 5.32 Å². The lowest BCUT2D eigenvalue weighted by Gasteiger charge is -2.11. The number of anilines is 1. The van der Waals surface area contributed by atoms with Crippen LogP contribution in [-0.2, 0) is 9.47 Å². The predicted octanol–water partition coefficient (Wildman–Crippen LogP) is 1.94. The van der Waals surface area contributed by atoms with Crippen molar-refractivity contribution in [3.8, 4) is 6.07 Å². The summed E-state index contributed by atoms with van der Waals surface area (Å²) in [5.74, 6) is 0. The van der Waals surface area contributed by atoms with E-state index in [9.17, 15) is 0 Å². The van der Waals surface area contributed by atoms with Gasteiger partial charge in [-0.2, -0.15) is 5.26 Å². The van der Waals surface area contributed by atoms with Gasteiger partial charge in [0.05, 0.1) is 31.1 Å². The van der Waals surface area contributed by atoms with Crippen LogP contribution in [0.3, 0.4) is 0 Å². The zero-order valence-electron chi connectivity index (χ0n) is 10.3. The summed E-state index contributed by atoms with van der Waals surface area (Å²) in [6, 6.07) is 7.85. The van der Waals surface area contributed by atoms with Crippen molar-refractivity contribution >= 4 is 5.69 Å². The number of rotatable bonds is 7. The molecule has 0 saturated heterocycles. The lowest BCUT2D eigenvalue weighted by Crippen LogP contribution is -2.13. The summed E-state index contributed by atoms with van der Waals surface area (Å²) in [7, 11) is 1.65. The molecule has 0 aromatic heterocycles. The van der Waals surface area contributed by atoms with E-state index in [2.05, 4.69) is 11.4 Å². The van der Waals surface area contributed by atoms with E-state index < -0.39 is 0 Å². The monoisotopic (exact) mass is 234 g/mol. The Hall–Kier alpha value is -1.57. The highest BCUT2D eigenvalue weighted by Crippen LogP contribution is 2.18. The van der Waals surface area contributed by atoms with Crippen molar-refractivity contribution in [3.05, 3.63) is 29.3 Å². The summed E-state index contributed by atoms with van der Waals surface area (Å²) in [6.07, 6.45) is 0. The zero-order chi connectivity index (χ0) is 12.5. The minimum absolute atomic E-state index is 0.594. The molecule has 0 spiro atoms. The van der Waals surface area contributed by atoms with Gasteiger partial charge in [0.2, 0.25) is 0 Å². The number of methoxy groups -OCH3 is 1. The standard InChI is InChI=1S/C13H18N2O2/c1-11-4-3-5-12(10-14)13(11)15-6-7-17-9-8-16-2/h3-5,15H,6-9H2,1-2H3. The quantitative estimate of drug-likeness (QED) is 0.732. The molecule has 0 aliphatic carbocycles. The largest absolute Gasteiger partial charge is 0.382 e. The maximum Gasteiger partial charge on any atom is 0.101 e. The number of nitrogens with one attached hydrogen (secondary N) is 1. The van der Waals surface area contributed by atoms with Crippen LogP contribution in [0.1, 0.15) is 11.1 Å². The number of nitriles is 1. The van der Waals surface area contributed by atoms with Crippen molar-refractivity contribution in [1.29, 1.82) is 5.26 Å². The van der Waals surface area contributed by atoms with Crippen LogP contribution in [-0.4, -0.2) is 33.5 Å². The molecule has 17 heavy (non-hydrogen) atoms. The molecule has 0 saturated carbocycles. The molecular weight excluding hydrogens is 216 g/mol. The predicted molar refractivity (Wildman–Crippen MR) is 67.1 cm³/mol. The summed E-state index contributed by atoms with van der Waals surface area (Å²) >= 11 is 0. The first-order valence-electron chi connectivity index (χ1n) is 5.60. The van der Waals surface area contributed by atoms with Crippen LogP contribution in [0.5, 0.6) is 0 Å². The van der Waals surface area contributed by atoms with Gasteiger partial charge in [0.15, 0.2) is 0 Å². The van der Waals surface area contributed by atoms with Gasteiger partial charge in [-0.1, -0.05) is 12.1 Å². The Morgan fingerprint density at radius 1 is 1.29 bits per heavy atom. The van der Waals surface area contributed by atoms with Gasteiger partial charge in [-0.25, -0.2) is 0 Å². The van der Waals surface area contributed by atoms with Crippen LogP contribution >= 0.6 is 0 Å². The lowest BCUT2D eigenvalue weighted by molar-refractivity contribution is 0.0759. The minimum Gasteiger partial charge on any atom is -0.382 e. The Bertz CT molecular complexity index is 385. The van der Waals surface area contributed by atoms with Gasteiger partial charge in [-0.3, -0.25) is 0 Å². The first-order valence-corrected chi connectivity index (χ1v) is 5.60. The van der Waals surface area contributed by atoms with Crippen molar-refractivity contribution in [2.45, 2.75) is 6.92 Å². The summed E-state index contributed by atoms with van der Waals surface area (Å²) in [4.78, 5) is 0. The van der Waals surface area contributed by atoms with E-state index in [-0.39, 0.29) is 0 Å². The fourth-order valence-electron chi connectivity index (χ4n) is 1.49. The molecule has 0 aliphatic heterocycles. The molecule has 4 nitrogen and oxygen atoms in total. The van der Waals surface area contributed by atoms with E-state index in [1.165, 1.54) is 0 Å². The summed E-state index contributed by atoms with van der Waals surface area (Å²) in [5, 5.41) is 12.2. The molecule has 1 N–H and O–H groups in total. The normalized spacial score (nSPS) is 9.94. The zero-order valence-corrected chi connectivity index (χ0v) is 10.3. The molecule has 92 valence electrons.